The maximum absolute atomic E-state index is 11.6. The van der Waals surface area contributed by atoms with Gasteiger partial charge in [0.2, 0.25) is 0 Å². The van der Waals surface area contributed by atoms with Gasteiger partial charge in [-0.15, -0.1) is 11.6 Å². The van der Waals surface area contributed by atoms with Crippen LogP contribution in [0, 0.1) is 0 Å². The van der Waals surface area contributed by atoms with Crippen LogP contribution in [0.2, 0.25) is 0 Å². The summed E-state index contributed by atoms with van der Waals surface area (Å²) in [4.78, 5) is 22.5. The molecule has 6 heteroatoms. The molecule has 0 heterocycles. The first-order valence-electron chi connectivity index (χ1n) is 7.65. The molecule has 0 aromatic heterocycles. The monoisotopic (exact) mass is 342 g/mol. The van der Waals surface area contributed by atoms with Gasteiger partial charge in [0.05, 0.1) is 18.9 Å². The molecule has 128 valence electrons. The number of alkyl halides is 1. The van der Waals surface area contributed by atoms with Crippen LogP contribution in [0.5, 0.6) is 5.75 Å². The van der Waals surface area contributed by atoms with Crippen molar-refractivity contribution >= 4 is 23.5 Å². The molecule has 0 aliphatic heterocycles. The number of rotatable bonds is 10. The van der Waals surface area contributed by atoms with Crippen molar-refractivity contribution in [1.82, 2.24) is 0 Å². The maximum atomic E-state index is 11.6. The van der Waals surface area contributed by atoms with E-state index in [4.69, 9.17) is 25.8 Å². The molecule has 0 amide bonds. The second-order valence-corrected chi connectivity index (χ2v) is 5.40. The summed E-state index contributed by atoms with van der Waals surface area (Å²) < 4.78 is 15.6. The number of benzene rings is 1. The van der Waals surface area contributed by atoms with E-state index < -0.39 is 12.1 Å². The SMILES string of the molecule is CCCCOC(=O)Cc1ccc(OC[C@@H](CCl)OC(C)=O)cc1. The Morgan fingerprint density at radius 3 is 2.48 bits per heavy atom. The van der Waals surface area contributed by atoms with Crippen LogP contribution in [0.1, 0.15) is 32.3 Å². The van der Waals surface area contributed by atoms with Crippen LogP contribution in [0.3, 0.4) is 0 Å². The third-order valence-corrected chi connectivity index (χ3v) is 3.32. The molecule has 1 rings (SSSR count). The average molecular weight is 343 g/mol. The molecule has 0 unspecified atom stereocenters. The van der Waals surface area contributed by atoms with Crippen molar-refractivity contribution < 1.29 is 23.8 Å². The van der Waals surface area contributed by atoms with E-state index in [0.717, 1.165) is 18.4 Å². The molecule has 0 spiro atoms. The minimum Gasteiger partial charge on any atom is -0.490 e. The summed E-state index contributed by atoms with van der Waals surface area (Å²) in [6.07, 6.45) is 1.63. The molecule has 0 aliphatic carbocycles. The smallest absolute Gasteiger partial charge is 0.310 e. The number of carbonyl (C=O) groups is 2. The quantitative estimate of drug-likeness (QED) is 0.371. The zero-order chi connectivity index (χ0) is 17.1. The Kier molecular flexibility index (Phi) is 9.14. The highest BCUT2D eigenvalue weighted by molar-refractivity contribution is 6.18. The molecule has 0 N–H and O–H groups in total. The first-order chi connectivity index (χ1) is 11.0. The van der Waals surface area contributed by atoms with Crippen molar-refractivity contribution in [2.45, 2.75) is 39.2 Å². The van der Waals surface area contributed by atoms with E-state index in [1.165, 1.54) is 6.92 Å². The molecular weight excluding hydrogens is 320 g/mol. The Morgan fingerprint density at radius 2 is 1.91 bits per heavy atom. The van der Waals surface area contributed by atoms with Crippen LogP contribution < -0.4 is 4.74 Å². The van der Waals surface area contributed by atoms with Gasteiger partial charge in [-0.2, -0.15) is 0 Å². The van der Waals surface area contributed by atoms with E-state index in [9.17, 15) is 9.59 Å². The molecule has 0 aliphatic rings. The number of halogens is 1. The number of ether oxygens (including phenoxy) is 3. The van der Waals surface area contributed by atoms with Gasteiger partial charge in [-0.05, 0) is 24.1 Å². The lowest BCUT2D eigenvalue weighted by atomic mass is 10.1. The molecule has 5 nitrogen and oxygen atoms in total. The van der Waals surface area contributed by atoms with Crippen LogP contribution in [0.25, 0.3) is 0 Å². The molecule has 0 fully saturated rings. The van der Waals surface area contributed by atoms with E-state index >= 15 is 0 Å². The lowest BCUT2D eigenvalue weighted by Gasteiger charge is -2.15. The molecule has 1 aromatic carbocycles. The highest BCUT2D eigenvalue weighted by atomic mass is 35.5. The van der Waals surface area contributed by atoms with Crippen molar-refractivity contribution in [3.05, 3.63) is 29.8 Å². The van der Waals surface area contributed by atoms with Crippen molar-refractivity contribution in [3.8, 4) is 5.75 Å². The molecule has 0 radical (unpaired) electrons. The Hall–Kier alpha value is -1.75. The predicted octanol–water partition coefficient (Wildman–Crippen LogP) is 3.12. The minimum absolute atomic E-state index is 0.168. The van der Waals surface area contributed by atoms with Gasteiger partial charge in [0.15, 0.2) is 0 Å². The molecule has 23 heavy (non-hydrogen) atoms. The summed E-state index contributed by atoms with van der Waals surface area (Å²) in [5, 5.41) is 0. The zero-order valence-corrected chi connectivity index (χ0v) is 14.3. The van der Waals surface area contributed by atoms with Gasteiger partial charge < -0.3 is 14.2 Å². The van der Waals surface area contributed by atoms with Crippen LogP contribution in [-0.2, 0) is 25.5 Å². The summed E-state index contributed by atoms with van der Waals surface area (Å²) >= 11 is 5.70. The summed E-state index contributed by atoms with van der Waals surface area (Å²) in [6, 6.07) is 7.12. The maximum Gasteiger partial charge on any atom is 0.310 e. The van der Waals surface area contributed by atoms with Crippen molar-refractivity contribution in [2.75, 3.05) is 19.1 Å². The summed E-state index contributed by atoms with van der Waals surface area (Å²) in [7, 11) is 0. The van der Waals surface area contributed by atoms with Gasteiger partial charge in [-0.25, -0.2) is 0 Å². The average Bonchev–Trinajstić information content (AvgIpc) is 2.52. The van der Waals surface area contributed by atoms with Crippen molar-refractivity contribution in [2.24, 2.45) is 0 Å². The fourth-order valence-electron chi connectivity index (χ4n) is 1.79. The van der Waals surface area contributed by atoms with Gasteiger partial charge in [0.1, 0.15) is 18.5 Å². The van der Waals surface area contributed by atoms with E-state index in [-0.39, 0.29) is 24.9 Å². The number of esters is 2. The Morgan fingerprint density at radius 1 is 1.22 bits per heavy atom. The lowest BCUT2D eigenvalue weighted by molar-refractivity contribution is -0.146. The minimum atomic E-state index is -0.484. The number of carbonyl (C=O) groups excluding carboxylic acids is 2. The highest BCUT2D eigenvalue weighted by Crippen LogP contribution is 2.14. The van der Waals surface area contributed by atoms with Gasteiger partial charge in [-0.3, -0.25) is 9.59 Å². The van der Waals surface area contributed by atoms with Gasteiger partial charge in [0, 0.05) is 6.92 Å². The lowest BCUT2D eigenvalue weighted by Crippen LogP contribution is -2.25. The highest BCUT2D eigenvalue weighted by Gasteiger charge is 2.12. The topological polar surface area (TPSA) is 61.8 Å². The Balaban J connectivity index is 2.40. The normalized spacial score (nSPS) is 11.6. The van der Waals surface area contributed by atoms with Gasteiger partial charge in [0.25, 0.3) is 0 Å². The second-order valence-electron chi connectivity index (χ2n) is 5.09. The fraction of sp³-hybridized carbons (Fsp3) is 0.529. The van der Waals surface area contributed by atoms with E-state index in [1.807, 2.05) is 6.92 Å². The van der Waals surface area contributed by atoms with Crippen LogP contribution in [0.15, 0.2) is 24.3 Å². The molecule has 0 saturated heterocycles. The molecule has 0 saturated carbocycles. The Labute approximate surface area is 141 Å². The van der Waals surface area contributed by atoms with Crippen LogP contribution >= 0.6 is 11.6 Å². The predicted molar refractivity (Wildman–Crippen MR) is 87.8 cm³/mol. The molecular formula is C17H23ClO5. The number of unbranched alkanes of at least 4 members (excludes halogenated alkanes) is 1. The van der Waals surface area contributed by atoms with Gasteiger partial charge in [-0.1, -0.05) is 25.5 Å². The second kappa shape index (κ2) is 10.9. The van der Waals surface area contributed by atoms with Crippen molar-refractivity contribution in [3.63, 3.8) is 0 Å². The molecule has 0 bridgehead atoms. The Bertz CT molecular complexity index is 486. The summed E-state index contributed by atoms with van der Waals surface area (Å²) in [6.45, 7) is 4.02. The number of hydrogen-bond acceptors (Lipinski definition) is 5. The largest absolute Gasteiger partial charge is 0.490 e. The van der Waals surface area contributed by atoms with E-state index in [0.29, 0.717) is 12.4 Å². The molecule has 1 atom stereocenters. The third-order valence-electron chi connectivity index (χ3n) is 2.97. The number of hydrogen-bond donors (Lipinski definition) is 0. The van der Waals surface area contributed by atoms with E-state index in [2.05, 4.69) is 0 Å². The summed E-state index contributed by atoms with van der Waals surface area (Å²) in [5.41, 5.74) is 0.854. The summed E-state index contributed by atoms with van der Waals surface area (Å²) in [5.74, 6) is 0.164. The van der Waals surface area contributed by atoms with Crippen molar-refractivity contribution in [1.29, 1.82) is 0 Å². The van der Waals surface area contributed by atoms with E-state index in [1.54, 1.807) is 24.3 Å². The molecule has 1 aromatic rings. The standard InChI is InChI=1S/C17H23ClO5/c1-3-4-9-21-17(20)10-14-5-7-15(8-6-14)22-12-16(11-18)23-13(2)19/h5-8,16H,3-4,9-12H2,1-2H3/t16-/m1/s1. The first kappa shape index (κ1) is 19.3. The van der Waals surface area contributed by atoms with Gasteiger partial charge >= 0.3 is 11.9 Å². The third kappa shape index (κ3) is 8.45. The zero-order valence-electron chi connectivity index (χ0n) is 13.5. The van der Waals surface area contributed by atoms with Crippen LogP contribution in [0.4, 0.5) is 0 Å². The van der Waals surface area contributed by atoms with Crippen LogP contribution in [-0.4, -0.2) is 37.1 Å². The fourth-order valence-corrected chi connectivity index (χ4v) is 1.94. The first-order valence-corrected chi connectivity index (χ1v) is 8.19.